The highest BCUT2D eigenvalue weighted by Gasteiger charge is 2.48. The fourth-order valence-electron chi connectivity index (χ4n) is 0.893. The molecule has 6 heteroatoms. The molecular formula is C9H5ClF4O. The molecule has 0 fully saturated rings. The van der Waals surface area contributed by atoms with Gasteiger partial charge in [-0.25, -0.2) is 8.78 Å². The Balaban J connectivity index is 3.00. The van der Waals surface area contributed by atoms with Gasteiger partial charge in [0, 0.05) is 10.6 Å². The van der Waals surface area contributed by atoms with E-state index in [2.05, 4.69) is 0 Å². The van der Waals surface area contributed by atoms with Crippen LogP contribution in [0.2, 0.25) is 5.02 Å². The molecule has 15 heavy (non-hydrogen) atoms. The number of rotatable bonds is 3. The summed E-state index contributed by atoms with van der Waals surface area (Å²) >= 11 is 5.45. The van der Waals surface area contributed by atoms with Crippen molar-refractivity contribution in [3.05, 3.63) is 34.9 Å². The molecule has 0 saturated carbocycles. The van der Waals surface area contributed by atoms with E-state index in [1.807, 2.05) is 0 Å². The summed E-state index contributed by atoms with van der Waals surface area (Å²) in [5.41, 5.74) is -0.496. The van der Waals surface area contributed by atoms with Gasteiger partial charge < -0.3 is 0 Å². The molecule has 0 heterocycles. The van der Waals surface area contributed by atoms with Gasteiger partial charge in [-0.1, -0.05) is 11.6 Å². The lowest BCUT2D eigenvalue weighted by atomic mass is 10.1. The van der Waals surface area contributed by atoms with E-state index < -0.39 is 23.7 Å². The number of carbonyl (C=O) groups excluding carboxylic acids is 1. The van der Waals surface area contributed by atoms with Gasteiger partial charge in [0.25, 0.3) is 0 Å². The number of hydrogen-bond acceptors (Lipinski definition) is 1. The fourth-order valence-corrected chi connectivity index (χ4v) is 1.02. The van der Waals surface area contributed by atoms with Gasteiger partial charge in [0.15, 0.2) is 0 Å². The number of halogens is 5. The molecule has 0 radical (unpaired) electrons. The zero-order valence-corrected chi connectivity index (χ0v) is 7.94. The molecule has 0 aliphatic rings. The quantitative estimate of drug-likeness (QED) is 0.584. The van der Waals surface area contributed by atoms with E-state index in [-0.39, 0.29) is 5.02 Å². The first-order valence-corrected chi connectivity index (χ1v) is 4.20. The Labute approximate surface area is 87.7 Å². The van der Waals surface area contributed by atoms with Crippen LogP contribution in [0.1, 0.15) is 10.4 Å². The van der Waals surface area contributed by atoms with Crippen LogP contribution in [0.3, 0.4) is 0 Å². The molecular weight excluding hydrogens is 236 g/mol. The second-order valence-corrected chi connectivity index (χ2v) is 3.20. The third-order valence-electron chi connectivity index (χ3n) is 1.68. The number of carbonyl (C=O) groups is 1. The summed E-state index contributed by atoms with van der Waals surface area (Å²) in [7, 11) is 0. The minimum absolute atomic E-state index is 0.229. The summed E-state index contributed by atoms with van der Waals surface area (Å²) in [6.07, 6.45) is -4.01. The molecule has 0 spiro atoms. The molecule has 82 valence electrons. The lowest BCUT2D eigenvalue weighted by Crippen LogP contribution is -2.36. The summed E-state index contributed by atoms with van der Waals surface area (Å²) < 4.78 is 48.8. The van der Waals surface area contributed by atoms with E-state index in [4.69, 9.17) is 11.6 Å². The van der Waals surface area contributed by atoms with E-state index in [9.17, 15) is 22.4 Å². The predicted molar refractivity (Wildman–Crippen MR) is 46.7 cm³/mol. The highest BCUT2D eigenvalue weighted by atomic mass is 35.5. The second kappa shape index (κ2) is 4.18. The van der Waals surface area contributed by atoms with Crippen molar-refractivity contribution < 1.29 is 22.4 Å². The van der Waals surface area contributed by atoms with Gasteiger partial charge in [0.1, 0.15) is 0 Å². The highest BCUT2D eigenvalue weighted by molar-refractivity contribution is 6.30. The van der Waals surface area contributed by atoms with Crippen LogP contribution in [-0.2, 0) is 0 Å². The van der Waals surface area contributed by atoms with E-state index in [0.29, 0.717) is 0 Å². The molecule has 0 saturated heterocycles. The first kappa shape index (κ1) is 12.0. The monoisotopic (exact) mass is 240 g/mol. The number of Topliss-reactive ketones (excluding diaryl/α,β-unsaturated/α-hetero) is 1. The zero-order valence-electron chi connectivity index (χ0n) is 7.18. The normalized spacial score (nSPS) is 11.9. The molecule has 1 aromatic carbocycles. The number of ketones is 1. The Morgan fingerprint density at radius 2 is 1.67 bits per heavy atom. The summed E-state index contributed by atoms with van der Waals surface area (Å²) in [6.45, 7) is 0. The first-order chi connectivity index (χ1) is 6.85. The van der Waals surface area contributed by atoms with Gasteiger partial charge in [0.05, 0.1) is 0 Å². The van der Waals surface area contributed by atoms with Crippen LogP contribution < -0.4 is 0 Å². The van der Waals surface area contributed by atoms with Crippen molar-refractivity contribution in [2.45, 2.75) is 12.3 Å². The third kappa shape index (κ3) is 2.47. The predicted octanol–water partition coefficient (Wildman–Crippen LogP) is 3.42. The van der Waals surface area contributed by atoms with Crippen molar-refractivity contribution in [1.29, 1.82) is 0 Å². The molecule has 1 aromatic rings. The molecule has 1 rings (SSSR count). The summed E-state index contributed by atoms with van der Waals surface area (Å²) in [4.78, 5) is 10.9. The minimum atomic E-state index is -4.66. The second-order valence-electron chi connectivity index (χ2n) is 2.76. The van der Waals surface area contributed by atoms with Crippen molar-refractivity contribution in [2.24, 2.45) is 0 Å². The van der Waals surface area contributed by atoms with E-state index in [1.165, 1.54) is 12.1 Å². The number of alkyl halides is 4. The smallest absolute Gasteiger partial charge is 0.287 e. The van der Waals surface area contributed by atoms with Crippen molar-refractivity contribution in [3.63, 3.8) is 0 Å². The van der Waals surface area contributed by atoms with E-state index >= 15 is 0 Å². The lowest BCUT2D eigenvalue weighted by Gasteiger charge is -2.13. The van der Waals surface area contributed by atoms with Crippen LogP contribution in [0, 0.1) is 0 Å². The maximum Gasteiger partial charge on any atom is 0.368 e. The molecule has 0 unspecified atom stereocenters. The molecule has 0 aliphatic carbocycles. The van der Waals surface area contributed by atoms with Gasteiger partial charge in [-0.05, 0) is 24.3 Å². The number of hydrogen-bond donors (Lipinski definition) is 0. The Bertz CT molecular complexity index is 361. The maximum atomic E-state index is 12.6. The Morgan fingerprint density at radius 1 is 1.20 bits per heavy atom. The SMILES string of the molecule is O=C(c1ccc(Cl)cc1)C(F)(F)C(F)F. The molecule has 0 N–H and O–H groups in total. The average Bonchev–Trinajstić information content (AvgIpc) is 2.17. The van der Waals surface area contributed by atoms with Crippen LogP contribution in [0.25, 0.3) is 0 Å². The molecule has 0 aliphatic heterocycles. The van der Waals surface area contributed by atoms with Gasteiger partial charge in [-0.2, -0.15) is 8.78 Å². The van der Waals surface area contributed by atoms with E-state index in [1.54, 1.807) is 0 Å². The molecule has 0 atom stereocenters. The van der Waals surface area contributed by atoms with E-state index in [0.717, 1.165) is 12.1 Å². The third-order valence-corrected chi connectivity index (χ3v) is 1.94. The van der Waals surface area contributed by atoms with Crippen molar-refractivity contribution in [3.8, 4) is 0 Å². The van der Waals surface area contributed by atoms with Crippen LogP contribution in [0.15, 0.2) is 24.3 Å². The minimum Gasteiger partial charge on any atom is -0.287 e. The Morgan fingerprint density at radius 3 is 2.07 bits per heavy atom. The highest BCUT2D eigenvalue weighted by Crippen LogP contribution is 2.27. The van der Waals surface area contributed by atoms with Crippen LogP contribution in [-0.4, -0.2) is 18.1 Å². The standard InChI is InChI=1S/C9H5ClF4O/c10-6-3-1-5(2-4-6)7(15)9(13,14)8(11)12/h1-4,8H. The summed E-state index contributed by atoms with van der Waals surface area (Å²) in [5.74, 6) is -6.57. The first-order valence-electron chi connectivity index (χ1n) is 3.82. The largest absolute Gasteiger partial charge is 0.368 e. The van der Waals surface area contributed by atoms with Gasteiger partial charge >= 0.3 is 12.3 Å². The van der Waals surface area contributed by atoms with Crippen molar-refractivity contribution in [2.75, 3.05) is 0 Å². The summed E-state index contributed by atoms with van der Waals surface area (Å²) in [6, 6.07) is 4.30. The zero-order chi connectivity index (χ0) is 11.6. The molecule has 0 bridgehead atoms. The van der Waals surface area contributed by atoms with Gasteiger partial charge in [-0.3, -0.25) is 4.79 Å². The Kier molecular flexibility index (Phi) is 3.34. The average molecular weight is 241 g/mol. The van der Waals surface area contributed by atoms with Crippen LogP contribution in [0.5, 0.6) is 0 Å². The van der Waals surface area contributed by atoms with Crippen LogP contribution >= 0.6 is 11.6 Å². The topological polar surface area (TPSA) is 17.1 Å². The Hall–Kier alpha value is -1.10. The molecule has 0 aromatic heterocycles. The van der Waals surface area contributed by atoms with Crippen molar-refractivity contribution >= 4 is 17.4 Å². The maximum absolute atomic E-state index is 12.6. The van der Waals surface area contributed by atoms with Crippen LogP contribution in [0.4, 0.5) is 17.6 Å². The molecule has 0 amide bonds. The van der Waals surface area contributed by atoms with Gasteiger partial charge in [0.2, 0.25) is 5.78 Å². The van der Waals surface area contributed by atoms with Crippen molar-refractivity contribution in [1.82, 2.24) is 0 Å². The fraction of sp³-hybridized carbons (Fsp3) is 0.222. The lowest BCUT2D eigenvalue weighted by molar-refractivity contribution is -0.0958. The summed E-state index contributed by atoms with van der Waals surface area (Å²) in [5, 5.41) is 0.229. The number of benzene rings is 1. The van der Waals surface area contributed by atoms with Gasteiger partial charge in [-0.15, -0.1) is 0 Å². The molecule has 1 nitrogen and oxygen atoms in total.